The maximum absolute atomic E-state index is 14.2. The van der Waals surface area contributed by atoms with E-state index in [9.17, 15) is 27.6 Å². The Morgan fingerprint density at radius 3 is 2.44 bits per heavy atom. The first-order chi connectivity index (χ1) is 19.8. The van der Waals surface area contributed by atoms with Gasteiger partial charge in [-0.3, -0.25) is 14.4 Å². The van der Waals surface area contributed by atoms with Crippen molar-refractivity contribution in [2.75, 3.05) is 13.1 Å². The second-order valence-electron chi connectivity index (χ2n) is 9.98. The first-order valence-corrected chi connectivity index (χ1v) is 13.1. The van der Waals surface area contributed by atoms with Gasteiger partial charge in [-0.2, -0.15) is 0 Å². The molecule has 3 aromatic carbocycles. The number of fused-ring (bicyclic) bond motifs is 6. The largest absolute Gasteiger partial charge is 0.483 e. The molecule has 0 radical (unpaired) electrons. The average molecular weight is 560 g/mol. The van der Waals surface area contributed by atoms with Gasteiger partial charge in [0.25, 0.3) is 11.8 Å². The molecule has 2 aliphatic heterocycles. The van der Waals surface area contributed by atoms with Gasteiger partial charge in [0.15, 0.2) is 11.4 Å². The molecule has 10 heteroatoms. The summed E-state index contributed by atoms with van der Waals surface area (Å²) < 4.78 is 49.3. The molecule has 1 atom stereocenters. The molecule has 0 saturated carbocycles. The predicted octanol–water partition coefficient (Wildman–Crippen LogP) is 4.38. The van der Waals surface area contributed by atoms with Gasteiger partial charge in [-0.05, 0) is 23.1 Å². The van der Waals surface area contributed by atoms with Crippen LogP contribution in [0.1, 0.15) is 49.1 Å². The highest BCUT2D eigenvalue weighted by Crippen LogP contribution is 2.35. The van der Waals surface area contributed by atoms with E-state index < -0.39 is 52.8 Å². The fraction of sp³-hybridized carbons (Fsp3) is 0.194. The summed E-state index contributed by atoms with van der Waals surface area (Å²) in [4.78, 5) is 42.4. The Balaban J connectivity index is 1.44. The third-order valence-electron chi connectivity index (χ3n) is 7.48. The molecule has 7 nitrogen and oxygen atoms in total. The van der Waals surface area contributed by atoms with E-state index in [0.717, 1.165) is 16.7 Å². The maximum Gasteiger partial charge on any atom is 0.274 e. The van der Waals surface area contributed by atoms with Crippen molar-refractivity contribution in [1.82, 2.24) is 14.8 Å². The third-order valence-corrected chi connectivity index (χ3v) is 7.48. The van der Waals surface area contributed by atoms with Crippen molar-refractivity contribution in [2.45, 2.75) is 25.6 Å². The van der Waals surface area contributed by atoms with Crippen molar-refractivity contribution < 1.29 is 27.5 Å². The van der Waals surface area contributed by atoms with E-state index in [1.54, 1.807) is 33.7 Å². The number of amides is 2. The minimum atomic E-state index is -1.17. The Labute approximate surface area is 232 Å². The van der Waals surface area contributed by atoms with Crippen LogP contribution in [0, 0.1) is 17.5 Å². The van der Waals surface area contributed by atoms with Crippen LogP contribution in [0.25, 0.3) is 0 Å². The van der Waals surface area contributed by atoms with Crippen LogP contribution in [0.2, 0.25) is 0 Å². The van der Waals surface area contributed by atoms with E-state index >= 15 is 0 Å². The Morgan fingerprint density at radius 2 is 1.68 bits per heavy atom. The molecule has 41 heavy (non-hydrogen) atoms. The van der Waals surface area contributed by atoms with Crippen LogP contribution in [0.3, 0.4) is 0 Å². The van der Waals surface area contributed by atoms with E-state index in [1.165, 1.54) is 6.20 Å². The average Bonchev–Trinajstić information content (AvgIpc) is 3.13. The summed E-state index contributed by atoms with van der Waals surface area (Å²) in [6.07, 6.45) is 1.93. The van der Waals surface area contributed by atoms with E-state index in [2.05, 4.69) is 5.32 Å². The van der Waals surface area contributed by atoms with Crippen molar-refractivity contribution >= 4 is 11.8 Å². The zero-order valence-electron chi connectivity index (χ0n) is 21.7. The lowest BCUT2D eigenvalue weighted by Gasteiger charge is -2.35. The molecule has 2 aliphatic rings. The van der Waals surface area contributed by atoms with Gasteiger partial charge >= 0.3 is 0 Å². The highest BCUT2D eigenvalue weighted by atomic mass is 19.1. The number of carbonyl (C=O) groups excluding carboxylic acids is 2. The Morgan fingerprint density at radius 1 is 0.976 bits per heavy atom. The van der Waals surface area contributed by atoms with Gasteiger partial charge in [0.05, 0.1) is 6.04 Å². The molecule has 1 unspecified atom stereocenters. The van der Waals surface area contributed by atoms with E-state index in [4.69, 9.17) is 4.74 Å². The normalized spacial score (nSPS) is 15.5. The highest BCUT2D eigenvalue weighted by Gasteiger charge is 2.39. The van der Waals surface area contributed by atoms with Gasteiger partial charge in [0.1, 0.15) is 29.6 Å². The van der Waals surface area contributed by atoms with Crippen LogP contribution in [0.5, 0.6) is 5.75 Å². The monoisotopic (exact) mass is 559 g/mol. The van der Waals surface area contributed by atoms with Gasteiger partial charge in [0, 0.05) is 43.5 Å². The summed E-state index contributed by atoms with van der Waals surface area (Å²) in [7, 11) is 0. The molecule has 3 heterocycles. The Bertz CT molecular complexity index is 1720. The van der Waals surface area contributed by atoms with Crippen molar-refractivity contribution in [2.24, 2.45) is 0 Å². The minimum Gasteiger partial charge on any atom is -0.483 e. The quantitative estimate of drug-likeness (QED) is 0.381. The maximum atomic E-state index is 14.2. The standard InChI is InChI=1S/C31H24F3N3O4/c32-20-12-24(33)22(25(34)13-20)14-35-30(39)23-15-37-26-16-36(11-10-19-8-4-5-9-21(19)26)31(40)27(37)29(28(23)38)41-17-18-6-2-1-3-7-18/h1-9,12-13,15,26H,10-11,14,16-17H2,(H,35,39). The number of halogens is 3. The number of hydrogen-bond acceptors (Lipinski definition) is 4. The van der Waals surface area contributed by atoms with E-state index in [0.29, 0.717) is 31.6 Å². The smallest absolute Gasteiger partial charge is 0.274 e. The van der Waals surface area contributed by atoms with Gasteiger partial charge in [-0.1, -0.05) is 54.6 Å². The predicted molar refractivity (Wildman–Crippen MR) is 143 cm³/mol. The summed E-state index contributed by atoms with van der Waals surface area (Å²) in [6.45, 7) is 0.123. The van der Waals surface area contributed by atoms with Crippen LogP contribution in [-0.2, 0) is 19.6 Å². The van der Waals surface area contributed by atoms with Crippen molar-refractivity contribution in [1.29, 1.82) is 0 Å². The molecule has 1 N–H and O–H groups in total. The SMILES string of the molecule is O=C(NCc1c(F)cc(F)cc1F)c1cn2c(c(OCc3ccccc3)c1=O)C(=O)N1CCc3ccccc3C2C1. The molecule has 2 bridgehead atoms. The second-order valence-corrected chi connectivity index (χ2v) is 9.98. The van der Waals surface area contributed by atoms with Crippen molar-refractivity contribution in [3.05, 3.63) is 134 Å². The first-order valence-electron chi connectivity index (χ1n) is 13.1. The lowest BCUT2D eigenvalue weighted by atomic mass is 9.97. The van der Waals surface area contributed by atoms with Crippen molar-refractivity contribution in [3.8, 4) is 5.75 Å². The third kappa shape index (κ3) is 4.86. The van der Waals surface area contributed by atoms with Gasteiger partial charge in [-0.15, -0.1) is 0 Å². The summed E-state index contributed by atoms with van der Waals surface area (Å²) >= 11 is 0. The topological polar surface area (TPSA) is 80.6 Å². The fourth-order valence-electron chi connectivity index (χ4n) is 5.41. The van der Waals surface area contributed by atoms with Crippen LogP contribution < -0.4 is 15.5 Å². The lowest BCUT2D eigenvalue weighted by molar-refractivity contribution is 0.0682. The van der Waals surface area contributed by atoms with E-state index in [-0.39, 0.29) is 23.6 Å². The molecule has 208 valence electrons. The van der Waals surface area contributed by atoms with Gasteiger partial charge in [-0.25, -0.2) is 13.2 Å². The number of aromatic nitrogens is 1. The first kappa shape index (κ1) is 26.4. The van der Waals surface area contributed by atoms with Crippen LogP contribution in [0.4, 0.5) is 13.2 Å². The van der Waals surface area contributed by atoms with Crippen molar-refractivity contribution in [3.63, 3.8) is 0 Å². The number of nitrogens with zero attached hydrogens (tertiary/aromatic N) is 2. The number of pyridine rings is 1. The molecular weight excluding hydrogens is 535 g/mol. The summed E-state index contributed by atoms with van der Waals surface area (Å²) in [5.74, 6) is -5.02. The summed E-state index contributed by atoms with van der Waals surface area (Å²) in [5, 5.41) is 2.36. The number of benzene rings is 3. The van der Waals surface area contributed by atoms with Crippen LogP contribution in [0.15, 0.2) is 77.7 Å². The zero-order valence-corrected chi connectivity index (χ0v) is 21.7. The number of carbonyl (C=O) groups is 2. The van der Waals surface area contributed by atoms with Gasteiger partial charge in [0.2, 0.25) is 5.43 Å². The molecule has 0 aliphatic carbocycles. The molecule has 2 amide bonds. The number of nitrogens with one attached hydrogen (secondary N) is 1. The number of rotatable bonds is 6. The number of hydrogen-bond donors (Lipinski definition) is 1. The molecular formula is C31H24F3N3O4. The van der Waals surface area contributed by atoms with Crippen LogP contribution >= 0.6 is 0 Å². The van der Waals surface area contributed by atoms with E-state index in [1.807, 2.05) is 30.3 Å². The Hall–Kier alpha value is -4.86. The molecule has 1 aromatic heterocycles. The number of ether oxygens (including phenoxy) is 1. The highest BCUT2D eigenvalue weighted by molar-refractivity contribution is 5.99. The van der Waals surface area contributed by atoms with Crippen LogP contribution in [-0.4, -0.2) is 34.4 Å². The summed E-state index contributed by atoms with van der Waals surface area (Å²) in [6, 6.07) is 17.4. The fourth-order valence-corrected chi connectivity index (χ4v) is 5.41. The second kappa shape index (κ2) is 10.6. The molecule has 4 aromatic rings. The lowest BCUT2D eigenvalue weighted by Crippen LogP contribution is -2.45. The minimum absolute atomic E-state index is 0.0330. The molecule has 0 saturated heterocycles. The molecule has 6 rings (SSSR count). The zero-order chi connectivity index (χ0) is 28.7. The Kier molecular flexibility index (Phi) is 6.82. The molecule has 0 spiro atoms. The summed E-state index contributed by atoms with van der Waals surface area (Å²) in [5.41, 5.74) is 1.03. The molecule has 0 fully saturated rings. The van der Waals surface area contributed by atoms with Gasteiger partial charge < -0.3 is 19.5 Å².